The predicted molar refractivity (Wildman–Crippen MR) is 92.5 cm³/mol. The van der Waals surface area contributed by atoms with Crippen molar-refractivity contribution in [2.75, 3.05) is 31.5 Å². The van der Waals surface area contributed by atoms with Gasteiger partial charge in [0.15, 0.2) is 0 Å². The second-order valence-corrected chi connectivity index (χ2v) is 6.06. The Balaban J connectivity index is 1.77. The molecule has 0 spiro atoms. The van der Waals surface area contributed by atoms with Crippen molar-refractivity contribution in [1.29, 1.82) is 0 Å². The van der Waals surface area contributed by atoms with Gasteiger partial charge in [0.2, 0.25) is 6.41 Å². The number of para-hydroxylation sites is 1. The Morgan fingerprint density at radius 3 is 2.48 bits per heavy atom. The van der Waals surface area contributed by atoms with Crippen molar-refractivity contribution in [3.8, 4) is 0 Å². The molecule has 1 fully saturated rings. The molecule has 0 aliphatic carbocycles. The van der Waals surface area contributed by atoms with Gasteiger partial charge in [-0.25, -0.2) is 0 Å². The third kappa shape index (κ3) is 4.36. The molecule has 3 rings (SSSR count). The smallest absolute Gasteiger partial charge is 0.354 e. The summed E-state index contributed by atoms with van der Waals surface area (Å²) in [6, 6.07) is 6.57. The van der Waals surface area contributed by atoms with Crippen LogP contribution in [0.5, 0.6) is 0 Å². The molecule has 0 bridgehead atoms. The molecule has 1 N–H and O–H groups in total. The number of hydrogen-bond acceptors (Lipinski definition) is 4. The average Bonchev–Trinajstić information content (AvgIpc) is 2.67. The molecule has 142 valence electrons. The summed E-state index contributed by atoms with van der Waals surface area (Å²) < 4.78 is 39.4. The van der Waals surface area contributed by atoms with Gasteiger partial charge in [0.1, 0.15) is 0 Å². The molecule has 27 heavy (non-hydrogen) atoms. The van der Waals surface area contributed by atoms with E-state index in [4.69, 9.17) is 0 Å². The molecular weight excluding hydrogens is 361 g/mol. The van der Waals surface area contributed by atoms with Crippen molar-refractivity contribution in [3.05, 3.63) is 53.9 Å². The Kier molecular flexibility index (Phi) is 5.29. The van der Waals surface area contributed by atoms with Gasteiger partial charge < -0.3 is 15.1 Å². The zero-order valence-electron chi connectivity index (χ0n) is 14.2. The number of hydrogen-bond donors (Lipinski definition) is 1. The van der Waals surface area contributed by atoms with E-state index in [1.165, 1.54) is 36.7 Å². The number of alkyl halides is 3. The van der Waals surface area contributed by atoms with E-state index in [0.717, 1.165) is 12.5 Å². The normalized spacial score (nSPS) is 14.8. The van der Waals surface area contributed by atoms with Crippen LogP contribution in [-0.4, -0.2) is 53.3 Å². The van der Waals surface area contributed by atoms with Crippen LogP contribution in [0.25, 0.3) is 0 Å². The number of nitrogens with one attached hydrogen (secondary N) is 1. The molecule has 6 nitrogen and oxygen atoms in total. The third-order valence-corrected chi connectivity index (χ3v) is 4.25. The van der Waals surface area contributed by atoms with E-state index in [0.29, 0.717) is 26.2 Å². The molecule has 0 saturated carbocycles. The summed E-state index contributed by atoms with van der Waals surface area (Å²) >= 11 is 0. The van der Waals surface area contributed by atoms with Gasteiger partial charge in [0.05, 0.1) is 28.7 Å². The highest BCUT2D eigenvalue weighted by Crippen LogP contribution is 2.35. The highest BCUT2D eigenvalue weighted by atomic mass is 19.4. The lowest BCUT2D eigenvalue weighted by Gasteiger charge is -2.32. The summed E-state index contributed by atoms with van der Waals surface area (Å²) in [6.07, 6.45) is -1.03. The molecule has 1 aliphatic heterocycles. The van der Waals surface area contributed by atoms with Gasteiger partial charge in [-0.1, -0.05) is 12.1 Å². The highest BCUT2D eigenvalue weighted by Gasteiger charge is 2.33. The number of rotatable bonds is 4. The van der Waals surface area contributed by atoms with Crippen molar-refractivity contribution >= 4 is 23.7 Å². The first-order chi connectivity index (χ1) is 12.9. The van der Waals surface area contributed by atoms with Gasteiger partial charge in [-0.15, -0.1) is 0 Å². The van der Waals surface area contributed by atoms with Crippen molar-refractivity contribution in [3.63, 3.8) is 0 Å². The third-order valence-electron chi connectivity index (χ3n) is 4.25. The molecule has 0 radical (unpaired) electrons. The zero-order valence-corrected chi connectivity index (χ0v) is 14.2. The fraction of sp³-hybridized carbons (Fsp3) is 0.278. The van der Waals surface area contributed by atoms with Crippen LogP contribution >= 0.6 is 0 Å². The Labute approximate surface area is 153 Å². The van der Waals surface area contributed by atoms with Crippen LogP contribution in [-0.2, 0) is 11.0 Å². The lowest BCUT2D eigenvalue weighted by atomic mass is 10.1. The summed E-state index contributed by atoms with van der Waals surface area (Å²) in [5.41, 5.74) is -0.365. The standard InChI is InChI=1S/C18H17F3N4O2/c19-18(20,21)15-3-1-2-4-16(15)23-14-9-13(10-22-11-14)17(27)25-7-5-24(12-26)6-8-25/h1-4,9-12,23H,5-8H2. The Morgan fingerprint density at radius 2 is 1.81 bits per heavy atom. The second-order valence-electron chi connectivity index (χ2n) is 6.06. The number of halogens is 3. The molecule has 2 heterocycles. The van der Waals surface area contributed by atoms with Crippen LogP contribution < -0.4 is 5.32 Å². The van der Waals surface area contributed by atoms with E-state index in [9.17, 15) is 22.8 Å². The van der Waals surface area contributed by atoms with Crippen LogP contribution in [0.4, 0.5) is 24.5 Å². The molecule has 1 aromatic heterocycles. The predicted octanol–water partition coefficient (Wildman–Crippen LogP) is 2.76. The van der Waals surface area contributed by atoms with Crippen LogP contribution in [0.2, 0.25) is 0 Å². The average molecular weight is 378 g/mol. The summed E-state index contributed by atoms with van der Waals surface area (Å²) in [5, 5.41) is 2.69. The van der Waals surface area contributed by atoms with Crippen molar-refractivity contribution in [2.24, 2.45) is 0 Å². The quantitative estimate of drug-likeness (QED) is 0.831. The lowest BCUT2D eigenvalue weighted by molar-refractivity contribution is -0.136. The Bertz CT molecular complexity index is 833. The van der Waals surface area contributed by atoms with Gasteiger partial charge in [-0.2, -0.15) is 13.2 Å². The number of aromatic nitrogens is 1. The Morgan fingerprint density at radius 1 is 1.11 bits per heavy atom. The molecule has 1 saturated heterocycles. The van der Waals surface area contributed by atoms with E-state index in [1.54, 1.807) is 9.80 Å². The minimum Gasteiger partial charge on any atom is -0.354 e. The maximum atomic E-state index is 13.1. The first-order valence-electron chi connectivity index (χ1n) is 8.25. The molecule has 1 aliphatic rings. The molecule has 1 aromatic carbocycles. The molecular formula is C18H17F3N4O2. The fourth-order valence-electron chi connectivity index (χ4n) is 2.83. The number of carbonyl (C=O) groups excluding carboxylic acids is 2. The molecule has 2 amide bonds. The number of carbonyl (C=O) groups is 2. The summed E-state index contributed by atoms with van der Waals surface area (Å²) in [6.45, 7) is 1.68. The summed E-state index contributed by atoms with van der Waals surface area (Å²) in [7, 11) is 0. The largest absolute Gasteiger partial charge is 0.418 e. The van der Waals surface area contributed by atoms with Gasteiger partial charge >= 0.3 is 6.18 Å². The molecule has 2 aromatic rings. The number of benzene rings is 1. The molecule has 9 heteroatoms. The van der Waals surface area contributed by atoms with E-state index in [1.807, 2.05) is 0 Å². The van der Waals surface area contributed by atoms with E-state index in [-0.39, 0.29) is 22.8 Å². The number of amides is 2. The topological polar surface area (TPSA) is 65.5 Å². The number of anilines is 2. The zero-order chi connectivity index (χ0) is 19.4. The first kappa shape index (κ1) is 18.7. The Hall–Kier alpha value is -3.10. The lowest BCUT2D eigenvalue weighted by Crippen LogP contribution is -2.48. The maximum absolute atomic E-state index is 13.1. The van der Waals surface area contributed by atoms with Crippen LogP contribution in [0, 0.1) is 0 Å². The highest BCUT2D eigenvalue weighted by molar-refractivity contribution is 5.95. The maximum Gasteiger partial charge on any atom is 0.418 e. The monoisotopic (exact) mass is 378 g/mol. The van der Waals surface area contributed by atoms with Crippen molar-refractivity contribution in [2.45, 2.75) is 6.18 Å². The fourth-order valence-corrected chi connectivity index (χ4v) is 2.83. The minimum absolute atomic E-state index is 0.115. The van der Waals surface area contributed by atoms with E-state index < -0.39 is 11.7 Å². The van der Waals surface area contributed by atoms with Crippen LogP contribution in [0.15, 0.2) is 42.7 Å². The first-order valence-corrected chi connectivity index (χ1v) is 8.25. The van der Waals surface area contributed by atoms with Gasteiger partial charge in [-0.3, -0.25) is 14.6 Å². The van der Waals surface area contributed by atoms with Gasteiger partial charge in [-0.05, 0) is 18.2 Å². The summed E-state index contributed by atoms with van der Waals surface area (Å²) in [5.74, 6) is -0.277. The number of piperazine rings is 1. The van der Waals surface area contributed by atoms with E-state index >= 15 is 0 Å². The van der Waals surface area contributed by atoms with Gasteiger partial charge in [0, 0.05) is 32.4 Å². The van der Waals surface area contributed by atoms with Crippen LogP contribution in [0.3, 0.4) is 0 Å². The molecule has 0 atom stereocenters. The minimum atomic E-state index is -4.50. The second kappa shape index (κ2) is 7.65. The van der Waals surface area contributed by atoms with Gasteiger partial charge in [0.25, 0.3) is 5.91 Å². The SMILES string of the molecule is O=CN1CCN(C(=O)c2cncc(Nc3ccccc3C(F)(F)F)c2)CC1. The molecule has 0 unspecified atom stereocenters. The summed E-state index contributed by atoms with van der Waals surface area (Å²) in [4.78, 5) is 30.5. The number of nitrogens with zero attached hydrogens (tertiary/aromatic N) is 3. The number of pyridine rings is 1. The van der Waals surface area contributed by atoms with Crippen molar-refractivity contribution in [1.82, 2.24) is 14.8 Å². The van der Waals surface area contributed by atoms with Crippen molar-refractivity contribution < 1.29 is 22.8 Å². The van der Waals surface area contributed by atoms with Crippen LogP contribution in [0.1, 0.15) is 15.9 Å². The van der Waals surface area contributed by atoms with E-state index in [2.05, 4.69) is 10.3 Å².